The summed E-state index contributed by atoms with van der Waals surface area (Å²) in [5.41, 5.74) is 1.18. The van der Waals surface area contributed by atoms with E-state index in [1.165, 1.54) is 0 Å². The number of hydrogen-bond donors (Lipinski definition) is 1. The highest BCUT2D eigenvalue weighted by Gasteiger charge is 2.19. The monoisotopic (exact) mass is 276 g/mol. The van der Waals surface area contributed by atoms with Crippen LogP contribution in [0.25, 0.3) is 0 Å². The topological polar surface area (TPSA) is 60.9 Å². The van der Waals surface area contributed by atoms with Gasteiger partial charge >= 0.3 is 5.97 Å². The number of carboxylic acids is 1. The van der Waals surface area contributed by atoms with Crippen molar-refractivity contribution >= 4 is 11.9 Å². The molecule has 0 aliphatic carbocycles. The second-order valence-electron chi connectivity index (χ2n) is 5.27. The minimum Gasteiger partial charge on any atom is -0.478 e. The molecule has 0 atom stereocenters. The van der Waals surface area contributed by atoms with E-state index < -0.39 is 5.97 Å². The van der Waals surface area contributed by atoms with Gasteiger partial charge < -0.3 is 10.0 Å². The van der Waals surface area contributed by atoms with Crippen molar-refractivity contribution < 1.29 is 14.7 Å². The lowest BCUT2D eigenvalue weighted by Crippen LogP contribution is -2.36. The Morgan fingerprint density at radius 2 is 2.00 bits per heavy atom. The summed E-state index contributed by atoms with van der Waals surface area (Å²) < 4.78 is 0. The lowest BCUT2D eigenvalue weighted by atomic mass is 10.1. The van der Waals surface area contributed by atoms with Gasteiger partial charge in [-0.15, -0.1) is 0 Å². The summed E-state index contributed by atoms with van der Waals surface area (Å²) in [6.45, 7) is 2.67. The van der Waals surface area contributed by atoms with E-state index in [2.05, 4.69) is 0 Å². The highest BCUT2D eigenvalue weighted by atomic mass is 16.4. The maximum atomic E-state index is 12.0. The Balaban J connectivity index is 1.90. The van der Waals surface area contributed by atoms with Gasteiger partial charge in [0.25, 0.3) is 0 Å². The van der Waals surface area contributed by atoms with Crippen molar-refractivity contribution in [1.82, 2.24) is 9.80 Å². The zero-order valence-corrected chi connectivity index (χ0v) is 11.7. The molecule has 1 amide bonds. The molecule has 20 heavy (non-hydrogen) atoms. The fraction of sp³-hybridized carbons (Fsp3) is 0.467. The van der Waals surface area contributed by atoms with Gasteiger partial charge in [-0.2, -0.15) is 0 Å². The average Bonchev–Trinajstić information content (AvgIpc) is 2.92. The molecule has 1 aliphatic heterocycles. The molecule has 1 aliphatic rings. The number of carboxylic acid groups (broad SMARTS) is 1. The molecule has 0 unspecified atom stereocenters. The smallest absolute Gasteiger partial charge is 0.335 e. The van der Waals surface area contributed by atoms with E-state index in [-0.39, 0.29) is 11.5 Å². The molecule has 0 radical (unpaired) electrons. The minimum absolute atomic E-state index is 0.152. The van der Waals surface area contributed by atoms with Crippen LogP contribution in [0.15, 0.2) is 24.3 Å². The summed E-state index contributed by atoms with van der Waals surface area (Å²) in [5, 5.41) is 8.96. The summed E-state index contributed by atoms with van der Waals surface area (Å²) in [6.07, 6.45) is 2.19. The minimum atomic E-state index is -0.928. The van der Waals surface area contributed by atoms with E-state index >= 15 is 0 Å². The normalized spacial score (nSPS) is 14.8. The first-order valence-electron chi connectivity index (χ1n) is 6.85. The maximum Gasteiger partial charge on any atom is 0.335 e. The van der Waals surface area contributed by atoms with Crippen molar-refractivity contribution in [2.24, 2.45) is 0 Å². The number of benzene rings is 1. The molecule has 5 nitrogen and oxygen atoms in total. The van der Waals surface area contributed by atoms with Gasteiger partial charge in [0.15, 0.2) is 0 Å². The molecular formula is C15H20N2O3. The van der Waals surface area contributed by atoms with Crippen molar-refractivity contribution in [2.45, 2.75) is 19.4 Å². The standard InChI is InChI=1S/C15H20N2O3/c1-16(11-14(18)17-7-2-3-8-17)10-12-5-4-6-13(9-12)15(19)20/h4-6,9H,2-3,7-8,10-11H2,1H3,(H,19,20). The largest absolute Gasteiger partial charge is 0.478 e. The SMILES string of the molecule is CN(CC(=O)N1CCCC1)Cc1cccc(C(=O)O)c1. The van der Waals surface area contributed by atoms with Gasteiger partial charge in [-0.05, 0) is 37.6 Å². The van der Waals surface area contributed by atoms with Crippen LogP contribution >= 0.6 is 0 Å². The first-order valence-corrected chi connectivity index (χ1v) is 6.85. The van der Waals surface area contributed by atoms with Crippen LogP contribution in [0.4, 0.5) is 0 Å². The van der Waals surface area contributed by atoms with Gasteiger partial charge in [0.2, 0.25) is 5.91 Å². The highest BCUT2D eigenvalue weighted by molar-refractivity contribution is 5.87. The molecule has 1 aromatic carbocycles. The van der Waals surface area contributed by atoms with Crippen LogP contribution in [0.3, 0.4) is 0 Å². The lowest BCUT2D eigenvalue weighted by molar-refractivity contribution is -0.131. The van der Waals surface area contributed by atoms with E-state index in [0.29, 0.717) is 13.1 Å². The molecule has 2 rings (SSSR count). The predicted octanol–water partition coefficient (Wildman–Crippen LogP) is 1.44. The average molecular weight is 276 g/mol. The summed E-state index contributed by atoms with van der Waals surface area (Å²) in [6, 6.07) is 6.83. The zero-order chi connectivity index (χ0) is 14.5. The molecule has 1 aromatic rings. The van der Waals surface area contributed by atoms with E-state index in [9.17, 15) is 9.59 Å². The van der Waals surface area contributed by atoms with Crippen molar-refractivity contribution in [1.29, 1.82) is 0 Å². The number of carbonyl (C=O) groups is 2. The van der Waals surface area contributed by atoms with Crippen LogP contribution in [0.2, 0.25) is 0 Å². The Hall–Kier alpha value is -1.88. The lowest BCUT2D eigenvalue weighted by Gasteiger charge is -2.21. The Morgan fingerprint density at radius 1 is 1.30 bits per heavy atom. The molecule has 1 saturated heterocycles. The second-order valence-corrected chi connectivity index (χ2v) is 5.27. The van der Waals surface area contributed by atoms with Crippen LogP contribution in [-0.4, -0.2) is 53.5 Å². The summed E-state index contributed by atoms with van der Waals surface area (Å²) in [4.78, 5) is 26.7. The van der Waals surface area contributed by atoms with Gasteiger partial charge in [0, 0.05) is 19.6 Å². The van der Waals surface area contributed by atoms with E-state index in [1.54, 1.807) is 18.2 Å². The summed E-state index contributed by atoms with van der Waals surface area (Å²) in [5.74, 6) is -0.776. The van der Waals surface area contributed by atoms with Crippen LogP contribution in [0.5, 0.6) is 0 Å². The third-order valence-corrected chi connectivity index (χ3v) is 3.49. The number of carbonyl (C=O) groups excluding carboxylic acids is 1. The Labute approximate surface area is 118 Å². The Morgan fingerprint density at radius 3 is 2.65 bits per heavy atom. The van der Waals surface area contributed by atoms with Crippen LogP contribution in [0.1, 0.15) is 28.8 Å². The van der Waals surface area contributed by atoms with Crippen LogP contribution in [0, 0.1) is 0 Å². The van der Waals surface area contributed by atoms with Gasteiger partial charge in [-0.1, -0.05) is 12.1 Å². The fourth-order valence-corrected chi connectivity index (χ4v) is 2.47. The molecule has 0 aromatic heterocycles. The second kappa shape index (κ2) is 6.52. The van der Waals surface area contributed by atoms with Crippen LogP contribution in [-0.2, 0) is 11.3 Å². The number of rotatable bonds is 5. The zero-order valence-electron chi connectivity index (χ0n) is 11.7. The quantitative estimate of drug-likeness (QED) is 0.884. The number of amides is 1. The summed E-state index contributed by atoms with van der Waals surface area (Å²) in [7, 11) is 1.88. The van der Waals surface area contributed by atoms with E-state index in [1.807, 2.05) is 22.9 Å². The molecule has 1 fully saturated rings. The van der Waals surface area contributed by atoms with Crippen LogP contribution < -0.4 is 0 Å². The fourth-order valence-electron chi connectivity index (χ4n) is 2.47. The molecular weight excluding hydrogens is 256 g/mol. The third kappa shape index (κ3) is 3.81. The first-order chi connectivity index (χ1) is 9.56. The predicted molar refractivity (Wildman–Crippen MR) is 75.5 cm³/mol. The number of nitrogens with zero attached hydrogens (tertiary/aromatic N) is 2. The van der Waals surface area contributed by atoms with Gasteiger partial charge in [-0.25, -0.2) is 4.79 Å². The molecule has 108 valence electrons. The van der Waals surface area contributed by atoms with Crippen molar-refractivity contribution in [3.63, 3.8) is 0 Å². The number of aromatic carboxylic acids is 1. The maximum absolute atomic E-state index is 12.0. The van der Waals surface area contributed by atoms with Crippen molar-refractivity contribution in [2.75, 3.05) is 26.7 Å². The van der Waals surface area contributed by atoms with Crippen molar-refractivity contribution in [3.8, 4) is 0 Å². The van der Waals surface area contributed by atoms with Gasteiger partial charge in [0.05, 0.1) is 12.1 Å². The Bertz CT molecular complexity index is 496. The number of hydrogen-bond acceptors (Lipinski definition) is 3. The summed E-state index contributed by atoms with van der Waals surface area (Å²) >= 11 is 0. The molecule has 5 heteroatoms. The number of likely N-dealkylation sites (tertiary alicyclic amines) is 1. The molecule has 0 spiro atoms. The van der Waals surface area contributed by atoms with Gasteiger partial charge in [0.1, 0.15) is 0 Å². The molecule has 1 heterocycles. The molecule has 0 saturated carbocycles. The van der Waals surface area contributed by atoms with E-state index in [4.69, 9.17) is 5.11 Å². The first kappa shape index (κ1) is 14.5. The highest BCUT2D eigenvalue weighted by Crippen LogP contribution is 2.10. The molecule has 1 N–H and O–H groups in total. The van der Waals surface area contributed by atoms with Gasteiger partial charge in [-0.3, -0.25) is 9.69 Å². The Kier molecular flexibility index (Phi) is 4.74. The third-order valence-electron chi connectivity index (χ3n) is 3.49. The molecule has 0 bridgehead atoms. The van der Waals surface area contributed by atoms with E-state index in [0.717, 1.165) is 31.5 Å². The number of likely N-dealkylation sites (N-methyl/N-ethyl adjacent to an activating group) is 1. The van der Waals surface area contributed by atoms with Crippen molar-refractivity contribution in [3.05, 3.63) is 35.4 Å².